The van der Waals surface area contributed by atoms with E-state index in [9.17, 15) is 18.0 Å². The monoisotopic (exact) mass is 471 g/mol. The minimum atomic E-state index is -4.68. The first-order chi connectivity index (χ1) is 16.1. The summed E-state index contributed by atoms with van der Waals surface area (Å²) >= 11 is 0. The van der Waals surface area contributed by atoms with Crippen LogP contribution in [0.4, 0.5) is 30.4 Å². The van der Waals surface area contributed by atoms with Crippen LogP contribution in [0.3, 0.4) is 0 Å². The second-order valence-electron chi connectivity index (χ2n) is 8.24. The predicted molar refractivity (Wildman–Crippen MR) is 123 cm³/mol. The van der Waals surface area contributed by atoms with Gasteiger partial charge >= 0.3 is 6.18 Å². The third kappa shape index (κ3) is 4.93. The van der Waals surface area contributed by atoms with Gasteiger partial charge in [0.25, 0.3) is 0 Å². The third-order valence-corrected chi connectivity index (χ3v) is 5.72. The summed E-state index contributed by atoms with van der Waals surface area (Å²) in [7, 11) is 0. The molecule has 0 bridgehead atoms. The summed E-state index contributed by atoms with van der Waals surface area (Å²) < 4.78 is 40.7. The van der Waals surface area contributed by atoms with Crippen LogP contribution in [-0.4, -0.2) is 39.9 Å². The zero-order valence-electron chi connectivity index (χ0n) is 18.2. The number of aromatic nitrogens is 3. The van der Waals surface area contributed by atoms with Crippen LogP contribution in [0.2, 0.25) is 0 Å². The highest BCUT2D eigenvalue weighted by Gasteiger charge is 2.35. The van der Waals surface area contributed by atoms with Gasteiger partial charge in [0.15, 0.2) is 5.78 Å². The molecule has 1 saturated heterocycles. The van der Waals surface area contributed by atoms with Crippen molar-refractivity contribution in [3.8, 4) is 11.3 Å². The maximum Gasteiger partial charge on any atom is 0.417 e. The zero-order valence-corrected chi connectivity index (χ0v) is 18.2. The summed E-state index contributed by atoms with van der Waals surface area (Å²) in [4.78, 5) is 27.4. The molecule has 0 amide bonds. The lowest BCUT2D eigenvalue weighted by atomic mass is 10.0. The molecule has 0 saturated carbocycles. The topological polar surface area (TPSA) is 137 Å². The SMILES string of the molecule is Nc1cc(C(F)(F)F)c(-c2ccc(N)c(C(=O)Cc3cnccc3N3CCC[C@H](N)C3)n2)cn1. The van der Waals surface area contributed by atoms with E-state index >= 15 is 0 Å². The number of halogens is 3. The van der Waals surface area contributed by atoms with Crippen LogP contribution in [0, 0.1) is 0 Å². The lowest BCUT2D eigenvalue weighted by molar-refractivity contribution is -0.137. The van der Waals surface area contributed by atoms with Gasteiger partial charge in [-0.25, -0.2) is 9.97 Å². The number of carbonyl (C=O) groups is 1. The molecule has 0 spiro atoms. The van der Waals surface area contributed by atoms with Crippen LogP contribution in [0.1, 0.15) is 34.5 Å². The summed E-state index contributed by atoms with van der Waals surface area (Å²) in [5.74, 6) is -0.712. The number of anilines is 3. The summed E-state index contributed by atoms with van der Waals surface area (Å²) in [6, 6.07) is 5.28. The Bertz CT molecular complexity index is 1220. The van der Waals surface area contributed by atoms with Crippen molar-refractivity contribution >= 4 is 23.0 Å². The van der Waals surface area contributed by atoms with Gasteiger partial charge in [0.1, 0.15) is 11.5 Å². The summed E-state index contributed by atoms with van der Waals surface area (Å²) in [6.45, 7) is 1.46. The van der Waals surface area contributed by atoms with Crippen LogP contribution in [0.5, 0.6) is 0 Å². The average molecular weight is 471 g/mol. The van der Waals surface area contributed by atoms with E-state index in [4.69, 9.17) is 17.2 Å². The molecule has 0 radical (unpaired) electrons. The summed E-state index contributed by atoms with van der Waals surface area (Å²) in [5, 5.41) is 0. The van der Waals surface area contributed by atoms with E-state index < -0.39 is 17.5 Å². The fourth-order valence-electron chi connectivity index (χ4n) is 4.10. The molecule has 1 aliphatic heterocycles. The fourth-order valence-corrected chi connectivity index (χ4v) is 4.10. The Kier molecular flexibility index (Phi) is 6.38. The number of hydrogen-bond donors (Lipinski definition) is 3. The van der Waals surface area contributed by atoms with Crippen molar-refractivity contribution in [2.24, 2.45) is 5.73 Å². The Hall–Kier alpha value is -3.73. The summed E-state index contributed by atoms with van der Waals surface area (Å²) in [6.07, 6.45) is 1.35. The standard InChI is InChI=1S/C23H24F3N7O/c24-23(25,26)16-9-21(29)31-11-15(16)18-4-3-17(28)22(32-18)20(34)8-13-10-30-6-5-19(13)33-7-1-2-14(27)12-33/h3-6,9-11,14H,1-2,7-8,12,27-28H2,(H2,29,31)/t14-/m0/s1. The number of nitrogens with zero attached hydrogens (tertiary/aromatic N) is 4. The second-order valence-corrected chi connectivity index (χ2v) is 8.24. The van der Waals surface area contributed by atoms with Gasteiger partial charge in [-0.1, -0.05) is 0 Å². The number of rotatable bonds is 5. The van der Waals surface area contributed by atoms with Gasteiger partial charge < -0.3 is 22.1 Å². The van der Waals surface area contributed by atoms with Gasteiger partial charge in [-0.05, 0) is 37.1 Å². The smallest absolute Gasteiger partial charge is 0.397 e. The Morgan fingerprint density at radius 1 is 1.18 bits per heavy atom. The number of alkyl halides is 3. The molecule has 4 rings (SSSR count). The highest BCUT2D eigenvalue weighted by molar-refractivity contribution is 6.01. The maximum absolute atomic E-state index is 13.6. The molecule has 178 valence electrons. The molecular formula is C23H24F3N7O. The molecule has 3 aromatic rings. The molecule has 0 unspecified atom stereocenters. The predicted octanol–water partition coefficient (Wildman–Crippen LogP) is 3.07. The van der Waals surface area contributed by atoms with Crippen LogP contribution >= 0.6 is 0 Å². The average Bonchev–Trinajstić information content (AvgIpc) is 2.79. The number of hydrogen-bond acceptors (Lipinski definition) is 8. The molecule has 3 aromatic heterocycles. The van der Waals surface area contributed by atoms with Gasteiger partial charge in [0.2, 0.25) is 0 Å². The zero-order chi connectivity index (χ0) is 24.5. The Labute approximate surface area is 194 Å². The van der Waals surface area contributed by atoms with Gasteiger partial charge in [-0.15, -0.1) is 0 Å². The number of Topliss-reactive ketones (excluding diaryl/α,β-unsaturated/α-hetero) is 1. The first-order valence-corrected chi connectivity index (χ1v) is 10.7. The van der Waals surface area contributed by atoms with Crippen LogP contribution < -0.4 is 22.1 Å². The van der Waals surface area contributed by atoms with Crippen molar-refractivity contribution < 1.29 is 18.0 Å². The van der Waals surface area contributed by atoms with Crippen LogP contribution in [-0.2, 0) is 12.6 Å². The van der Waals surface area contributed by atoms with Gasteiger partial charge in [-0.2, -0.15) is 13.2 Å². The molecule has 0 aliphatic carbocycles. The number of piperidine rings is 1. The number of ketones is 1. The van der Waals surface area contributed by atoms with Crippen molar-refractivity contribution in [1.82, 2.24) is 15.0 Å². The quantitative estimate of drug-likeness (QED) is 0.483. The van der Waals surface area contributed by atoms with Gasteiger partial charge in [-0.3, -0.25) is 9.78 Å². The highest BCUT2D eigenvalue weighted by Crippen LogP contribution is 2.37. The normalized spacial score (nSPS) is 16.5. The molecule has 1 fully saturated rings. The largest absolute Gasteiger partial charge is 0.417 e. The molecule has 1 atom stereocenters. The van der Waals surface area contributed by atoms with E-state index in [-0.39, 0.29) is 40.9 Å². The lowest BCUT2D eigenvalue weighted by Gasteiger charge is -2.33. The molecule has 11 heteroatoms. The van der Waals surface area contributed by atoms with Crippen molar-refractivity contribution in [2.45, 2.75) is 31.5 Å². The highest BCUT2D eigenvalue weighted by atomic mass is 19.4. The minimum Gasteiger partial charge on any atom is -0.397 e. The van der Waals surface area contributed by atoms with E-state index in [0.717, 1.165) is 37.3 Å². The van der Waals surface area contributed by atoms with Gasteiger partial charge in [0.05, 0.1) is 16.9 Å². The van der Waals surface area contributed by atoms with Crippen molar-refractivity contribution in [3.63, 3.8) is 0 Å². The number of nitrogen functional groups attached to an aromatic ring is 2. The first kappa shape index (κ1) is 23.4. The molecule has 34 heavy (non-hydrogen) atoms. The Morgan fingerprint density at radius 2 is 1.97 bits per heavy atom. The van der Waals surface area contributed by atoms with Crippen molar-refractivity contribution in [2.75, 3.05) is 29.5 Å². The number of carbonyl (C=O) groups excluding carboxylic acids is 1. The molecular weight excluding hydrogens is 447 g/mol. The number of pyridine rings is 3. The van der Waals surface area contributed by atoms with E-state index in [1.54, 1.807) is 12.4 Å². The third-order valence-electron chi connectivity index (χ3n) is 5.72. The van der Waals surface area contributed by atoms with E-state index in [0.29, 0.717) is 12.1 Å². The van der Waals surface area contributed by atoms with Crippen molar-refractivity contribution in [1.29, 1.82) is 0 Å². The molecule has 0 aromatic carbocycles. The van der Waals surface area contributed by atoms with E-state index in [1.807, 2.05) is 6.07 Å². The fraction of sp³-hybridized carbons (Fsp3) is 0.304. The Morgan fingerprint density at radius 3 is 2.71 bits per heavy atom. The minimum absolute atomic E-state index is 0.0378. The summed E-state index contributed by atoms with van der Waals surface area (Å²) in [5.41, 5.74) is 17.6. The second kappa shape index (κ2) is 9.26. The molecule has 6 N–H and O–H groups in total. The van der Waals surface area contributed by atoms with E-state index in [1.165, 1.54) is 12.1 Å². The van der Waals surface area contributed by atoms with Crippen LogP contribution in [0.15, 0.2) is 42.9 Å². The van der Waals surface area contributed by atoms with E-state index in [2.05, 4.69) is 19.9 Å². The molecule has 4 heterocycles. The maximum atomic E-state index is 13.6. The first-order valence-electron chi connectivity index (χ1n) is 10.7. The van der Waals surface area contributed by atoms with Crippen molar-refractivity contribution in [3.05, 3.63) is 59.7 Å². The Balaban J connectivity index is 1.67. The van der Waals surface area contributed by atoms with Gasteiger partial charge in [0, 0.05) is 61.0 Å². The number of nitrogens with two attached hydrogens (primary N) is 3. The molecule has 1 aliphatic rings. The van der Waals surface area contributed by atoms with Crippen LogP contribution in [0.25, 0.3) is 11.3 Å². The molecule has 8 nitrogen and oxygen atoms in total. The lowest BCUT2D eigenvalue weighted by Crippen LogP contribution is -2.43.